The number of aromatic nitrogens is 2. The van der Waals surface area contributed by atoms with Crippen LogP contribution >= 0.6 is 23.1 Å². The van der Waals surface area contributed by atoms with Gasteiger partial charge in [-0.05, 0) is 57.5 Å². The van der Waals surface area contributed by atoms with Crippen LogP contribution in [0.15, 0.2) is 24.3 Å². The molecule has 8 heteroatoms. The Balaban J connectivity index is 1.46. The number of hydrogen-bond acceptors (Lipinski definition) is 6. The summed E-state index contributed by atoms with van der Waals surface area (Å²) in [7, 11) is 0. The number of rotatable bonds is 10. The van der Waals surface area contributed by atoms with Crippen LogP contribution in [-0.2, 0) is 11.2 Å². The first-order valence-electron chi connectivity index (χ1n) is 10.8. The SMILES string of the molecule is CC(C)N(CCC(=O)NCCN1CCCCC1)c1nc(Cc2ccc(Cl)cc2)ns1. The van der Waals surface area contributed by atoms with Gasteiger partial charge >= 0.3 is 0 Å². The van der Waals surface area contributed by atoms with Crippen LogP contribution < -0.4 is 10.2 Å². The van der Waals surface area contributed by atoms with E-state index in [1.54, 1.807) is 0 Å². The van der Waals surface area contributed by atoms with Crippen molar-refractivity contribution in [3.8, 4) is 0 Å². The summed E-state index contributed by atoms with van der Waals surface area (Å²) in [5.74, 6) is 0.900. The van der Waals surface area contributed by atoms with Gasteiger partial charge in [-0.1, -0.05) is 30.2 Å². The second kappa shape index (κ2) is 11.6. The molecule has 0 bridgehead atoms. The molecule has 1 aromatic carbocycles. The monoisotopic (exact) mass is 449 g/mol. The average molecular weight is 450 g/mol. The van der Waals surface area contributed by atoms with E-state index in [0.29, 0.717) is 19.4 Å². The minimum absolute atomic E-state index is 0.101. The molecule has 1 fully saturated rings. The molecule has 0 spiro atoms. The highest BCUT2D eigenvalue weighted by Crippen LogP contribution is 2.22. The minimum Gasteiger partial charge on any atom is -0.355 e. The molecule has 0 unspecified atom stereocenters. The van der Waals surface area contributed by atoms with Gasteiger partial charge in [-0.15, -0.1) is 0 Å². The highest BCUT2D eigenvalue weighted by molar-refractivity contribution is 7.09. The topological polar surface area (TPSA) is 61.4 Å². The predicted molar refractivity (Wildman–Crippen MR) is 125 cm³/mol. The fourth-order valence-corrected chi connectivity index (χ4v) is 4.61. The lowest BCUT2D eigenvalue weighted by atomic mass is 10.1. The first-order chi connectivity index (χ1) is 14.5. The van der Waals surface area contributed by atoms with Gasteiger partial charge in [-0.2, -0.15) is 4.37 Å². The molecule has 2 aromatic rings. The van der Waals surface area contributed by atoms with Gasteiger partial charge in [0.05, 0.1) is 0 Å². The maximum atomic E-state index is 12.3. The molecule has 6 nitrogen and oxygen atoms in total. The number of hydrogen-bond donors (Lipinski definition) is 1. The number of amides is 1. The summed E-state index contributed by atoms with van der Waals surface area (Å²) in [6.45, 7) is 8.87. The summed E-state index contributed by atoms with van der Waals surface area (Å²) in [6, 6.07) is 8.01. The Morgan fingerprint density at radius 2 is 1.97 bits per heavy atom. The van der Waals surface area contributed by atoms with Gasteiger partial charge in [0.25, 0.3) is 0 Å². The molecule has 0 saturated carbocycles. The highest BCUT2D eigenvalue weighted by atomic mass is 35.5. The Morgan fingerprint density at radius 1 is 1.23 bits per heavy atom. The standard InChI is InChI=1S/C22H32ClN5OS/c1-17(2)28(14-10-21(29)24-11-15-27-12-4-3-5-13-27)22-25-20(26-30-22)16-18-6-8-19(23)9-7-18/h6-9,17H,3-5,10-16H2,1-2H3,(H,24,29). The lowest BCUT2D eigenvalue weighted by Gasteiger charge is -2.27. The summed E-state index contributed by atoms with van der Waals surface area (Å²) in [6.07, 6.45) is 5.03. The van der Waals surface area contributed by atoms with Crippen LogP contribution in [0.5, 0.6) is 0 Å². The molecule has 164 valence electrons. The summed E-state index contributed by atoms with van der Waals surface area (Å²) < 4.78 is 4.52. The Bertz CT molecular complexity index is 789. The van der Waals surface area contributed by atoms with Gasteiger partial charge in [0.1, 0.15) is 5.82 Å². The maximum absolute atomic E-state index is 12.3. The zero-order valence-electron chi connectivity index (χ0n) is 17.9. The minimum atomic E-state index is 0.101. The Morgan fingerprint density at radius 3 is 2.67 bits per heavy atom. The molecule has 2 heterocycles. The zero-order valence-corrected chi connectivity index (χ0v) is 19.5. The number of carbonyl (C=O) groups excluding carboxylic acids is 1. The largest absolute Gasteiger partial charge is 0.355 e. The molecule has 30 heavy (non-hydrogen) atoms. The fourth-order valence-electron chi connectivity index (χ4n) is 3.64. The second-order valence-corrected chi connectivity index (χ2v) is 9.25. The van der Waals surface area contributed by atoms with Gasteiger partial charge in [0.2, 0.25) is 11.0 Å². The number of benzene rings is 1. The van der Waals surface area contributed by atoms with E-state index in [1.807, 2.05) is 24.3 Å². The molecule has 0 atom stereocenters. The van der Waals surface area contributed by atoms with Gasteiger partial charge in [-0.25, -0.2) is 4.98 Å². The van der Waals surface area contributed by atoms with Crippen molar-refractivity contribution in [3.63, 3.8) is 0 Å². The second-order valence-electron chi connectivity index (χ2n) is 8.09. The van der Waals surface area contributed by atoms with Crippen molar-refractivity contribution in [3.05, 3.63) is 40.7 Å². The van der Waals surface area contributed by atoms with E-state index in [1.165, 1.54) is 30.8 Å². The molecular formula is C22H32ClN5OS. The quantitative estimate of drug-likeness (QED) is 0.594. The predicted octanol–water partition coefficient (Wildman–Crippen LogP) is 3.99. The lowest BCUT2D eigenvalue weighted by molar-refractivity contribution is -0.120. The van der Waals surface area contributed by atoms with E-state index in [-0.39, 0.29) is 11.9 Å². The van der Waals surface area contributed by atoms with E-state index >= 15 is 0 Å². The maximum Gasteiger partial charge on any atom is 0.221 e. The van der Waals surface area contributed by atoms with Crippen LogP contribution in [0.4, 0.5) is 5.13 Å². The van der Waals surface area contributed by atoms with Crippen LogP contribution in [0, 0.1) is 0 Å². The Labute approximate surface area is 188 Å². The molecule has 0 aliphatic carbocycles. The van der Waals surface area contributed by atoms with Crippen LogP contribution in [0.1, 0.15) is 50.9 Å². The van der Waals surface area contributed by atoms with Crippen molar-refractivity contribution in [2.45, 2.75) is 52.0 Å². The number of likely N-dealkylation sites (tertiary alicyclic amines) is 1. The van der Waals surface area contributed by atoms with Crippen LogP contribution in [0.2, 0.25) is 5.02 Å². The first kappa shape index (κ1) is 23.0. The number of nitrogens with zero attached hydrogens (tertiary/aromatic N) is 4. The molecule has 1 aliphatic rings. The normalized spacial score (nSPS) is 14.8. The van der Waals surface area contributed by atoms with Crippen molar-refractivity contribution >= 4 is 34.2 Å². The summed E-state index contributed by atoms with van der Waals surface area (Å²) >= 11 is 7.35. The van der Waals surface area contributed by atoms with Crippen molar-refractivity contribution in [2.24, 2.45) is 0 Å². The van der Waals surface area contributed by atoms with E-state index in [4.69, 9.17) is 16.6 Å². The number of carbonyl (C=O) groups is 1. The van der Waals surface area contributed by atoms with Crippen molar-refractivity contribution in [2.75, 3.05) is 37.6 Å². The van der Waals surface area contributed by atoms with E-state index in [9.17, 15) is 4.79 Å². The summed E-state index contributed by atoms with van der Waals surface area (Å²) in [4.78, 5) is 21.6. The zero-order chi connectivity index (χ0) is 21.3. The smallest absolute Gasteiger partial charge is 0.221 e. The van der Waals surface area contributed by atoms with E-state index in [0.717, 1.165) is 47.7 Å². The van der Waals surface area contributed by atoms with Crippen LogP contribution in [-0.4, -0.2) is 58.9 Å². The lowest BCUT2D eigenvalue weighted by Crippen LogP contribution is -2.39. The average Bonchev–Trinajstić information content (AvgIpc) is 3.18. The number of halogens is 1. The first-order valence-corrected chi connectivity index (χ1v) is 12.0. The van der Waals surface area contributed by atoms with Gasteiger partial charge in [-0.3, -0.25) is 4.79 Å². The molecule has 1 aliphatic heterocycles. The molecule has 1 saturated heterocycles. The fraction of sp³-hybridized carbons (Fsp3) is 0.591. The van der Waals surface area contributed by atoms with Crippen LogP contribution in [0.3, 0.4) is 0 Å². The van der Waals surface area contributed by atoms with Crippen molar-refractivity contribution in [1.82, 2.24) is 19.6 Å². The Kier molecular flexibility index (Phi) is 8.90. The van der Waals surface area contributed by atoms with E-state index in [2.05, 4.69) is 33.3 Å². The molecular weight excluding hydrogens is 418 g/mol. The number of anilines is 1. The van der Waals surface area contributed by atoms with E-state index < -0.39 is 0 Å². The van der Waals surface area contributed by atoms with Gasteiger partial charge in [0, 0.05) is 55.1 Å². The van der Waals surface area contributed by atoms with Crippen LogP contribution in [0.25, 0.3) is 0 Å². The Hall–Kier alpha value is -1.70. The molecule has 1 amide bonds. The van der Waals surface area contributed by atoms with Crippen molar-refractivity contribution < 1.29 is 4.79 Å². The molecule has 0 radical (unpaired) electrons. The number of nitrogens with one attached hydrogen (secondary N) is 1. The number of piperidine rings is 1. The summed E-state index contributed by atoms with van der Waals surface area (Å²) in [5, 5.41) is 4.67. The molecule has 1 aromatic heterocycles. The summed E-state index contributed by atoms with van der Waals surface area (Å²) in [5.41, 5.74) is 1.13. The van der Waals surface area contributed by atoms with Gasteiger partial charge in [0.15, 0.2) is 0 Å². The van der Waals surface area contributed by atoms with Crippen molar-refractivity contribution in [1.29, 1.82) is 0 Å². The highest BCUT2D eigenvalue weighted by Gasteiger charge is 2.17. The molecule has 3 rings (SSSR count). The molecule has 1 N–H and O–H groups in total. The third-order valence-electron chi connectivity index (χ3n) is 5.38. The third kappa shape index (κ3) is 7.22. The van der Waals surface area contributed by atoms with Gasteiger partial charge < -0.3 is 15.1 Å². The third-order valence-corrected chi connectivity index (χ3v) is 6.42.